The van der Waals surface area contributed by atoms with E-state index in [2.05, 4.69) is 9.46 Å². The van der Waals surface area contributed by atoms with E-state index in [0.717, 1.165) is 24.3 Å². The van der Waals surface area contributed by atoms with Gasteiger partial charge in [0.2, 0.25) is 10.0 Å². The molecule has 0 saturated carbocycles. The molecule has 0 aliphatic heterocycles. The zero-order chi connectivity index (χ0) is 18.4. The fourth-order valence-electron chi connectivity index (χ4n) is 1.78. The van der Waals surface area contributed by atoms with Gasteiger partial charge < -0.3 is 9.84 Å². The zero-order valence-corrected chi connectivity index (χ0v) is 13.7. The zero-order valence-electron chi connectivity index (χ0n) is 12.8. The summed E-state index contributed by atoms with van der Waals surface area (Å²) in [5.74, 6) is -1.44. The summed E-state index contributed by atoms with van der Waals surface area (Å²) in [6, 6.07) is 2.97. The van der Waals surface area contributed by atoms with Gasteiger partial charge in [0, 0.05) is 0 Å². The number of hydrogen-bond donors (Lipinski definition) is 2. The van der Waals surface area contributed by atoms with Crippen molar-refractivity contribution in [3.8, 4) is 5.75 Å². The molecule has 0 bridgehead atoms. The average molecular weight is 369 g/mol. The van der Waals surface area contributed by atoms with Crippen LogP contribution in [0.25, 0.3) is 0 Å². The second kappa shape index (κ2) is 8.34. The number of aliphatic carboxylic acids is 1. The number of carbonyl (C=O) groups is 1. The molecule has 0 fully saturated rings. The van der Waals surface area contributed by atoms with E-state index in [1.54, 1.807) is 0 Å². The minimum Gasteiger partial charge on any atom is -0.484 e. The Hall–Kier alpha value is -1.81. The number of benzene rings is 1. The Balaban J connectivity index is 2.81. The topological polar surface area (TPSA) is 92.7 Å². The van der Waals surface area contributed by atoms with E-state index in [9.17, 15) is 26.4 Å². The molecule has 2 N–H and O–H groups in total. The maximum absolute atomic E-state index is 12.1. The van der Waals surface area contributed by atoms with Crippen LogP contribution in [0.5, 0.6) is 5.75 Å². The number of rotatable bonds is 9. The number of nitrogens with one attached hydrogen (secondary N) is 1. The average Bonchev–Trinajstić information content (AvgIpc) is 2.49. The van der Waals surface area contributed by atoms with Gasteiger partial charge >= 0.3 is 12.1 Å². The van der Waals surface area contributed by atoms with Crippen LogP contribution in [0.4, 0.5) is 13.2 Å². The summed E-state index contributed by atoms with van der Waals surface area (Å²) in [7, 11) is -4.10. The molecule has 10 heteroatoms. The van der Waals surface area contributed by atoms with Crippen LogP contribution < -0.4 is 9.46 Å². The Kier molecular flexibility index (Phi) is 7.03. The molecule has 1 aromatic carbocycles. The fourth-order valence-corrected chi connectivity index (χ4v) is 3.00. The number of ether oxygens (including phenoxy) is 1. The fraction of sp³-hybridized carbons (Fsp3) is 0.500. The Labute approximate surface area is 137 Å². The molecule has 24 heavy (non-hydrogen) atoms. The van der Waals surface area contributed by atoms with Crippen molar-refractivity contribution < 1.29 is 36.2 Å². The first-order chi connectivity index (χ1) is 11.0. The summed E-state index contributed by atoms with van der Waals surface area (Å²) in [4.78, 5) is 10.8. The predicted octanol–water partition coefficient (Wildman–Crippen LogP) is 2.55. The van der Waals surface area contributed by atoms with Gasteiger partial charge in [0.05, 0.1) is 4.90 Å². The van der Waals surface area contributed by atoms with E-state index in [0.29, 0.717) is 12.8 Å². The lowest BCUT2D eigenvalue weighted by molar-refractivity contribution is -0.153. The first-order valence-corrected chi connectivity index (χ1v) is 8.58. The molecule has 6 nitrogen and oxygen atoms in total. The van der Waals surface area contributed by atoms with Crippen molar-refractivity contribution in [2.75, 3.05) is 6.61 Å². The molecule has 0 heterocycles. The summed E-state index contributed by atoms with van der Waals surface area (Å²) in [6.07, 6.45) is -3.13. The van der Waals surface area contributed by atoms with Crippen LogP contribution in [0, 0.1) is 0 Å². The molecule has 0 saturated heterocycles. The van der Waals surface area contributed by atoms with Crippen LogP contribution in [-0.4, -0.2) is 38.3 Å². The Morgan fingerprint density at radius 1 is 1.29 bits per heavy atom. The van der Waals surface area contributed by atoms with E-state index in [4.69, 9.17) is 5.11 Å². The largest absolute Gasteiger partial charge is 0.484 e. The number of carboxylic acid groups (broad SMARTS) is 1. The second-order valence-electron chi connectivity index (χ2n) is 5.03. The standard InChI is InChI=1S/C14H18F3NO5S/c1-2-3-4-12(13(19)20)18-24(21,22)11-7-5-10(6-8-11)23-9-14(15,16)17/h5-8,12,18H,2-4,9H2,1H3,(H,19,20). The van der Waals surface area contributed by atoms with Gasteiger partial charge in [0.25, 0.3) is 0 Å². The third-order valence-electron chi connectivity index (χ3n) is 2.98. The van der Waals surface area contributed by atoms with Gasteiger partial charge in [-0.3, -0.25) is 4.79 Å². The highest BCUT2D eigenvalue weighted by molar-refractivity contribution is 7.89. The van der Waals surface area contributed by atoms with Gasteiger partial charge in [0.1, 0.15) is 11.8 Å². The molecule has 0 amide bonds. The molecule has 0 aromatic heterocycles. The van der Waals surface area contributed by atoms with Crippen molar-refractivity contribution >= 4 is 16.0 Å². The highest BCUT2D eigenvalue weighted by Gasteiger charge is 2.28. The molecule has 0 aliphatic carbocycles. The highest BCUT2D eigenvalue weighted by Crippen LogP contribution is 2.20. The molecular weight excluding hydrogens is 351 g/mol. The van der Waals surface area contributed by atoms with E-state index in [1.165, 1.54) is 0 Å². The first-order valence-electron chi connectivity index (χ1n) is 7.10. The summed E-state index contributed by atoms with van der Waals surface area (Å²) in [5.41, 5.74) is 0. The molecule has 1 rings (SSSR count). The van der Waals surface area contributed by atoms with Crippen molar-refractivity contribution in [2.45, 2.75) is 43.3 Å². The monoisotopic (exact) mass is 369 g/mol. The summed E-state index contributed by atoms with van der Waals surface area (Å²) in [5, 5.41) is 9.05. The first kappa shape index (κ1) is 20.2. The third-order valence-corrected chi connectivity index (χ3v) is 4.47. The van der Waals surface area contributed by atoms with Gasteiger partial charge in [-0.1, -0.05) is 19.8 Å². The molecule has 1 atom stereocenters. The van der Waals surface area contributed by atoms with Gasteiger partial charge in [-0.25, -0.2) is 8.42 Å². The number of sulfonamides is 1. The van der Waals surface area contributed by atoms with E-state index in [1.807, 2.05) is 6.92 Å². The lowest BCUT2D eigenvalue weighted by Gasteiger charge is -2.15. The van der Waals surface area contributed by atoms with Crippen LogP contribution >= 0.6 is 0 Å². The van der Waals surface area contributed by atoms with Crippen molar-refractivity contribution in [1.29, 1.82) is 0 Å². The number of halogens is 3. The number of alkyl halides is 3. The van der Waals surface area contributed by atoms with Gasteiger partial charge in [-0.2, -0.15) is 17.9 Å². The minimum absolute atomic E-state index is 0.137. The molecule has 136 valence electrons. The van der Waals surface area contributed by atoms with Crippen LogP contribution in [0.2, 0.25) is 0 Å². The molecule has 1 aromatic rings. The third kappa shape index (κ3) is 6.75. The quantitative estimate of drug-likeness (QED) is 0.698. The highest BCUT2D eigenvalue weighted by atomic mass is 32.2. The molecule has 0 aliphatic rings. The lowest BCUT2D eigenvalue weighted by Crippen LogP contribution is -2.40. The van der Waals surface area contributed by atoms with Gasteiger partial charge in [0.15, 0.2) is 6.61 Å². The number of unbranched alkanes of at least 4 members (excludes halogenated alkanes) is 1. The van der Waals surface area contributed by atoms with Crippen molar-refractivity contribution in [3.05, 3.63) is 24.3 Å². The summed E-state index contributed by atoms with van der Waals surface area (Å²) >= 11 is 0. The lowest BCUT2D eigenvalue weighted by atomic mass is 10.1. The van der Waals surface area contributed by atoms with Crippen molar-refractivity contribution in [3.63, 3.8) is 0 Å². The smallest absolute Gasteiger partial charge is 0.422 e. The Morgan fingerprint density at radius 3 is 2.33 bits per heavy atom. The normalized spacial score (nSPS) is 13.5. The SMILES string of the molecule is CCCCC(NS(=O)(=O)c1ccc(OCC(F)(F)F)cc1)C(=O)O. The molecule has 1 unspecified atom stereocenters. The summed E-state index contributed by atoms with van der Waals surface area (Å²) < 4.78 is 67.0. The van der Waals surface area contributed by atoms with E-state index >= 15 is 0 Å². The van der Waals surface area contributed by atoms with Crippen molar-refractivity contribution in [1.82, 2.24) is 4.72 Å². The predicted molar refractivity (Wildman–Crippen MR) is 79.3 cm³/mol. The molecular formula is C14H18F3NO5S. The molecule has 0 spiro atoms. The van der Waals surface area contributed by atoms with E-state index in [-0.39, 0.29) is 17.1 Å². The minimum atomic E-state index is -4.50. The van der Waals surface area contributed by atoms with Crippen LogP contribution in [0.1, 0.15) is 26.2 Å². The molecule has 0 radical (unpaired) electrons. The Bertz CT molecular complexity index is 643. The van der Waals surface area contributed by atoms with Crippen LogP contribution in [0.3, 0.4) is 0 Å². The van der Waals surface area contributed by atoms with Gasteiger partial charge in [-0.15, -0.1) is 0 Å². The number of hydrogen-bond acceptors (Lipinski definition) is 4. The maximum atomic E-state index is 12.1. The second-order valence-corrected chi connectivity index (χ2v) is 6.74. The van der Waals surface area contributed by atoms with Gasteiger partial charge in [-0.05, 0) is 30.7 Å². The van der Waals surface area contributed by atoms with Crippen LogP contribution in [-0.2, 0) is 14.8 Å². The van der Waals surface area contributed by atoms with Crippen LogP contribution in [0.15, 0.2) is 29.2 Å². The van der Waals surface area contributed by atoms with E-state index < -0.39 is 34.8 Å². The van der Waals surface area contributed by atoms with Crippen molar-refractivity contribution in [2.24, 2.45) is 0 Å². The maximum Gasteiger partial charge on any atom is 0.422 e. The summed E-state index contributed by atoms with van der Waals surface area (Å²) in [6.45, 7) is 0.350. The Morgan fingerprint density at radius 2 is 1.88 bits per heavy atom. The number of carboxylic acids is 1.